The molecule has 1 aromatic carbocycles. The first-order valence-corrected chi connectivity index (χ1v) is 9.22. The van der Waals surface area contributed by atoms with Crippen LogP contribution in [0.2, 0.25) is 5.02 Å². The highest BCUT2D eigenvalue weighted by Gasteiger charge is 2.31. The van der Waals surface area contributed by atoms with Crippen molar-refractivity contribution in [2.45, 2.75) is 51.3 Å². The van der Waals surface area contributed by atoms with Gasteiger partial charge in [0.05, 0.1) is 6.10 Å². The molecule has 0 bridgehead atoms. The van der Waals surface area contributed by atoms with E-state index < -0.39 is 6.10 Å². The highest BCUT2D eigenvalue weighted by atomic mass is 35.5. The van der Waals surface area contributed by atoms with E-state index in [9.17, 15) is 9.90 Å². The molecule has 0 radical (unpaired) electrons. The van der Waals surface area contributed by atoms with Gasteiger partial charge in [-0.05, 0) is 37.4 Å². The molecule has 2 N–H and O–H groups in total. The molecule has 138 valence electrons. The molecule has 2 heterocycles. The first kappa shape index (κ1) is 18.3. The van der Waals surface area contributed by atoms with Crippen molar-refractivity contribution < 1.29 is 19.4 Å². The summed E-state index contributed by atoms with van der Waals surface area (Å²) >= 11 is 6.27. The maximum absolute atomic E-state index is 12.0. The van der Waals surface area contributed by atoms with E-state index in [-0.39, 0.29) is 18.7 Å². The number of ether oxygens (including phenoxy) is 2. The first-order chi connectivity index (χ1) is 12.1. The summed E-state index contributed by atoms with van der Waals surface area (Å²) in [4.78, 5) is 13.8. The molecule has 2 aliphatic heterocycles. The third-order valence-electron chi connectivity index (χ3n) is 4.84. The molecule has 1 saturated heterocycles. The van der Waals surface area contributed by atoms with Crippen molar-refractivity contribution in [3.8, 4) is 11.5 Å². The van der Waals surface area contributed by atoms with Crippen LogP contribution >= 0.6 is 11.6 Å². The Morgan fingerprint density at radius 2 is 2.16 bits per heavy atom. The summed E-state index contributed by atoms with van der Waals surface area (Å²) in [6.45, 7) is 4.01. The second kappa shape index (κ2) is 8.25. The zero-order valence-electron chi connectivity index (χ0n) is 14.5. The van der Waals surface area contributed by atoms with Gasteiger partial charge in [0.1, 0.15) is 0 Å². The summed E-state index contributed by atoms with van der Waals surface area (Å²) in [7, 11) is 0. The number of likely N-dealkylation sites (tertiary alicyclic amines) is 1. The summed E-state index contributed by atoms with van der Waals surface area (Å²) in [5.74, 6) is 1.56. The molecule has 0 saturated carbocycles. The van der Waals surface area contributed by atoms with Crippen molar-refractivity contribution in [2.75, 3.05) is 19.9 Å². The molecule has 0 aromatic heterocycles. The van der Waals surface area contributed by atoms with Crippen LogP contribution in [0, 0.1) is 0 Å². The maximum atomic E-state index is 12.0. The number of rotatable bonds is 8. The van der Waals surface area contributed by atoms with Crippen LogP contribution in [0.3, 0.4) is 0 Å². The lowest BCUT2D eigenvalue weighted by atomic mass is 10.1. The molecule has 2 atom stereocenters. The number of halogens is 1. The van der Waals surface area contributed by atoms with Gasteiger partial charge in [-0.15, -0.1) is 0 Å². The number of amides is 1. The summed E-state index contributed by atoms with van der Waals surface area (Å²) in [5, 5.41) is 13.9. The summed E-state index contributed by atoms with van der Waals surface area (Å²) in [5.41, 5.74) is 0.965. The van der Waals surface area contributed by atoms with Gasteiger partial charge in [-0.2, -0.15) is 0 Å². The molecule has 2 unspecified atom stereocenters. The highest BCUT2D eigenvalue weighted by Crippen LogP contribution is 2.36. The van der Waals surface area contributed by atoms with Gasteiger partial charge in [0.2, 0.25) is 12.7 Å². The fourth-order valence-corrected chi connectivity index (χ4v) is 3.51. The molecule has 6 nitrogen and oxygen atoms in total. The third-order valence-corrected chi connectivity index (χ3v) is 5.19. The van der Waals surface area contributed by atoms with Crippen molar-refractivity contribution in [3.05, 3.63) is 22.7 Å². The first-order valence-electron chi connectivity index (χ1n) is 8.84. The minimum atomic E-state index is -0.440. The zero-order valence-corrected chi connectivity index (χ0v) is 15.2. The predicted octanol–water partition coefficient (Wildman–Crippen LogP) is 2.31. The average molecular weight is 369 g/mol. The molecule has 3 rings (SSSR count). The van der Waals surface area contributed by atoms with E-state index in [1.165, 1.54) is 0 Å². The SMILES string of the molecule is CCC(O)CN1C(=O)CCC1CCNCc1cc2c(cc1Cl)OCO2. The number of aliphatic hydroxyl groups is 1. The Balaban J connectivity index is 1.47. The number of β-amino-alcohol motifs (C(OH)–C–C–N with tert-alkyl or cyclic N) is 1. The molecule has 1 fully saturated rings. The number of hydrogen-bond donors (Lipinski definition) is 2. The number of carbonyl (C=O) groups is 1. The van der Waals surface area contributed by atoms with E-state index in [0.29, 0.717) is 36.7 Å². The van der Waals surface area contributed by atoms with Crippen molar-refractivity contribution in [2.24, 2.45) is 0 Å². The van der Waals surface area contributed by atoms with Gasteiger partial charge in [-0.3, -0.25) is 4.79 Å². The van der Waals surface area contributed by atoms with Gasteiger partial charge in [-0.25, -0.2) is 0 Å². The summed E-state index contributed by atoms with van der Waals surface area (Å²) in [6.07, 6.45) is 2.53. The minimum Gasteiger partial charge on any atom is -0.454 e. The second-order valence-corrected chi connectivity index (χ2v) is 6.97. The number of benzene rings is 1. The molecule has 2 aliphatic rings. The average Bonchev–Trinajstić information content (AvgIpc) is 3.18. The Morgan fingerprint density at radius 1 is 1.40 bits per heavy atom. The number of aliphatic hydroxyl groups excluding tert-OH is 1. The van der Waals surface area contributed by atoms with Crippen molar-refractivity contribution >= 4 is 17.5 Å². The number of carbonyl (C=O) groups excluding carboxylic acids is 1. The van der Waals surface area contributed by atoms with Crippen LogP contribution in [0.4, 0.5) is 0 Å². The molecule has 1 aromatic rings. The normalized spacial score (nSPS) is 20.4. The van der Waals surface area contributed by atoms with Crippen molar-refractivity contribution in [3.63, 3.8) is 0 Å². The summed E-state index contributed by atoms with van der Waals surface area (Å²) < 4.78 is 10.7. The van der Waals surface area contributed by atoms with Crippen LogP contribution in [-0.4, -0.2) is 47.9 Å². The minimum absolute atomic E-state index is 0.149. The van der Waals surface area contributed by atoms with Crippen LogP contribution in [0.25, 0.3) is 0 Å². The smallest absolute Gasteiger partial charge is 0.231 e. The van der Waals surface area contributed by atoms with E-state index in [2.05, 4.69) is 5.32 Å². The lowest BCUT2D eigenvalue weighted by Crippen LogP contribution is -2.40. The molecule has 25 heavy (non-hydrogen) atoms. The lowest BCUT2D eigenvalue weighted by Gasteiger charge is -2.27. The standard InChI is InChI=1S/C18H25ClN2O4/c1-2-14(22)10-21-13(3-4-18(21)23)5-6-20-9-12-7-16-17(8-15(12)19)25-11-24-16/h7-8,13-14,20,22H,2-6,9-11H2,1H3. The van der Waals surface area contributed by atoms with Crippen LogP contribution in [0.1, 0.15) is 38.2 Å². The van der Waals surface area contributed by atoms with E-state index in [1.54, 1.807) is 6.07 Å². The third kappa shape index (κ3) is 4.37. The highest BCUT2D eigenvalue weighted by molar-refractivity contribution is 6.31. The number of fused-ring (bicyclic) bond motifs is 1. The van der Waals surface area contributed by atoms with E-state index in [0.717, 1.165) is 30.7 Å². The largest absolute Gasteiger partial charge is 0.454 e. The second-order valence-electron chi connectivity index (χ2n) is 6.56. The molecule has 0 spiro atoms. The van der Waals surface area contributed by atoms with Gasteiger partial charge >= 0.3 is 0 Å². The lowest BCUT2D eigenvalue weighted by molar-refractivity contribution is -0.130. The quantitative estimate of drug-likeness (QED) is 0.689. The predicted molar refractivity (Wildman–Crippen MR) is 94.9 cm³/mol. The van der Waals surface area contributed by atoms with E-state index in [4.69, 9.17) is 21.1 Å². The van der Waals surface area contributed by atoms with Gasteiger partial charge in [0.15, 0.2) is 11.5 Å². The topological polar surface area (TPSA) is 71.0 Å². The van der Waals surface area contributed by atoms with E-state index in [1.807, 2.05) is 17.9 Å². The number of nitrogens with one attached hydrogen (secondary N) is 1. The van der Waals surface area contributed by atoms with Crippen LogP contribution in [0.5, 0.6) is 11.5 Å². The maximum Gasteiger partial charge on any atom is 0.231 e. The monoisotopic (exact) mass is 368 g/mol. The van der Waals surface area contributed by atoms with Crippen molar-refractivity contribution in [1.29, 1.82) is 0 Å². The fourth-order valence-electron chi connectivity index (χ4n) is 3.29. The Morgan fingerprint density at radius 3 is 2.92 bits per heavy atom. The molecule has 0 aliphatic carbocycles. The van der Waals surface area contributed by atoms with Gasteiger partial charge in [-0.1, -0.05) is 18.5 Å². The van der Waals surface area contributed by atoms with Crippen LogP contribution in [-0.2, 0) is 11.3 Å². The molecule has 1 amide bonds. The van der Waals surface area contributed by atoms with Crippen molar-refractivity contribution in [1.82, 2.24) is 10.2 Å². The molecular formula is C18H25ClN2O4. The van der Waals surface area contributed by atoms with Gasteiger partial charge in [0, 0.05) is 36.6 Å². The Kier molecular flexibility index (Phi) is 6.04. The van der Waals surface area contributed by atoms with E-state index >= 15 is 0 Å². The Labute approximate surface area is 153 Å². The van der Waals surface area contributed by atoms with Crippen LogP contribution in [0.15, 0.2) is 12.1 Å². The molecule has 7 heteroatoms. The summed E-state index contributed by atoms with van der Waals surface area (Å²) in [6, 6.07) is 3.89. The van der Waals surface area contributed by atoms with Gasteiger partial charge < -0.3 is 24.8 Å². The number of hydrogen-bond acceptors (Lipinski definition) is 5. The fraction of sp³-hybridized carbons (Fsp3) is 0.611. The van der Waals surface area contributed by atoms with Crippen LogP contribution < -0.4 is 14.8 Å². The molecular weight excluding hydrogens is 344 g/mol. The Bertz CT molecular complexity index is 625. The number of nitrogens with zero attached hydrogens (tertiary/aromatic N) is 1. The zero-order chi connectivity index (χ0) is 17.8. The Hall–Kier alpha value is -1.50. The van der Waals surface area contributed by atoms with Gasteiger partial charge in [0.25, 0.3) is 0 Å².